The highest BCUT2D eigenvalue weighted by atomic mass is 35.5. The van der Waals surface area contributed by atoms with E-state index < -0.39 is 0 Å². The Bertz CT molecular complexity index is 464. The summed E-state index contributed by atoms with van der Waals surface area (Å²) >= 11 is 6.17. The molecule has 0 radical (unpaired) electrons. The lowest BCUT2D eigenvalue weighted by Crippen LogP contribution is -2.31. The van der Waals surface area contributed by atoms with Crippen LogP contribution in [0.4, 0.5) is 0 Å². The molecule has 1 aromatic rings. The second-order valence-electron chi connectivity index (χ2n) is 5.10. The van der Waals surface area contributed by atoms with E-state index in [1.807, 2.05) is 6.07 Å². The average molecular weight is 248 g/mol. The zero-order valence-corrected chi connectivity index (χ0v) is 10.9. The third-order valence-electron chi connectivity index (χ3n) is 3.94. The Kier molecular flexibility index (Phi) is 2.97. The van der Waals surface area contributed by atoms with Crippen molar-refractivity contribution in [3.63, 3.8) is 0 Å². The van der Waals surface area contributed by atoms with E-state index in [9.17, 15) is 0 Å². The Morgan fingerprint density at radius 1 is 1.35 bits per heavy atom. The minimum atomic E-state index is 0.601. The summed E-state index contributed by atoms with van der Waals surface area (Å²) in [6.07, 6.45) is 7.19. The van der Waals surface area contributed by atoms with Gasteiger partial charge in [0.2, 0.25) is 0 Å². The second-order valence-corrected chi connectivity index (χ2v) is 5.51. The molecule has 3 rings (SSSR count). The maximum Gasteiger partial charge on any atom is 0.0438 e. The van der Waals surface area contributed by atoms with Crippen molar-refractivity contribution in [1.29, 1.82) is 0 Å². The highest BCUT2D eigenvalue weighted by Crippen LogP contribution is 2.33. The zero-order chi connectivity index (χ0) is 11.8. The fourth-order valence-electron chi connectivity index (χ4n) is 2.98. The Morgan fingerprint density at radius 3 is 3.00 bits per heavy atom. The number of benzene rings is 1. The molecule has 2 aliphatic heterocycles. The molecule has 0 aromatic heterocycles. The van der Waals surface area contributed by atoms with Crippen molar-refractivity contribution in [1.82, 2.24) is 5.32 Å². The van der Waals surface area contributed by atoms with Gasteiger partial charge in [0.1, 0.15) is 0 Å². The minimum Gasteiger partial charge on any atom is -0.307 e. The Morgan fingerprint density at radius 2 is 2.24 bits per heavy atom. The van der Waals surface area contributed by atoms with Crippen molar-refractivity contribution in [3.8, 4) is 0 Å². The lowest BCUT2D eigenvalue weighted by molar-refractivity contribution is 0.575. The van der Waals surface area contributed by atoms with Crippen LogP contribution in [-0.4, -0.2) is 12.1 Å². The highest BCUT2D eigenvalue weighted by molar-refractivity contribution is 6.31. The first kappa shape index (κ1) is 11.3. The monoisotopic (exact) mass is 247 g/mol. The molecule has 2 heteroatoms. The SMILES string of the molecule is CCc1cc(C2=CC3CCC(C2)N3)ccc1Cl. The van der Waals surface area contributed by atoms with E-state index >= 15 is 0 Å². The summed E-state index contributed by atoms with van der Waals surface area (Å²) in [5.74, 6) is 0. The van der Waals surface area contributed by atoms with Crippen LogP contribution in [0, 0.1) is 0 Å². The van der Waals surface area contributed by atoms with E-state index in [1.54, 1.807) is 0 Å². The van der Waals surface area contributed by atoms with Gasteiger partial charge in [-0.1, -0.05) is 36.7 Å². The van der Waals surface area contributed by atoms with E-state index in [4.69, 9.17) is 11.6 Å². The van der Waals surface area contributed by atoms with Crippen molar-refractivity contribution in [2.75, 3.05) is 0 Å². The van der Waals surface area contributed by atoms with Gasteiger partial charge in [-0.15, -0.1) is 0 Å². The van der Waals surface area contributed by atoms with E-state index in [-0.39, 0.29) is 0 Å². The number of rotatable bonds is 2. The molecule has 90 valence electrons. The molecule has 2 atom stereocenters. The molecule has 2 unspecified atom stereocenters. The smallest absolute Gasteiger partial charge is 0.0438 e. The fourth-order valence-corrected chi connectivity index (χ4v) is 3.23. The molecule has 2 bridgehead atoms. The van der Waals surface area contributed by atoms with Crippen LogP contribution in [0.25, 0.3) is 5.57 Å². The molecule has 0 aliphatic carbocycles. The van der Waals surface area contributed by atoms with Crippen LogP contribution in [0.3, 0.4) is 0 Å². The molecule has 17 heavy (non-hydrogen) atoms. The Balaban J connectivity index is 1.94. The van der Waals surface area contributed by atoms with Crippen molar-refractivity contribution in [3.05, 3.63) is 40.4 Å². The predicted molar refractivity (Wildman–Crippen MR) is 73.4 cm³/mol. The first-order chi connectivity index (χ1) is 8.26. The number of aryl methyl sites for hydroxylation is 1. The molecule has 2 heterocycles. The van der Waals surface area contributed by atoms with E-state index in [0.29, 0.717) is 12.1 Å². The molecule has 1 saturated heterocycles. The van der Waals surface area contributed by atoms with Crippen molar-refractivity contribution in [2.45, 2.75) is 44.7 Å². The molecular weight excluding hydrogens is 230 g/mol. The molecule has 1 N–H and O–H groups in total. The van der Waals surface area contributed by atoms with Gasteiger partial charge in [-0.3, -0.25) is 0 Å². The quantitative estimate of drug-likeness (QED) is 0.838. The summed E-state index contributed by atoms with van der Waals surface area (Å²) in [4.78, 5) is 0. The van der Waals surface area contributed by atoms with Gasteiger partial charge in [0.15, 0.2) is 0 Å². The van der Waals surface area contributed by atoms with Crippen LogP contribution < -0.4 is 5.32 Å². The standard InChI is InChI=1S/C15H18ClN/c1-2-10-7-11(3-6-15(10)16)12-8-13-4-5-14(9-12)17-13/h3,6-8,13-14,17H,2,4-5,9H2,1H3. The summed E-state index contributed by atoms with van der Waals surface area (Å²) in [6.45, 7) is 2.16. The van der Waals surface area contributed by atoms with Gasteiger partial charge in [-0.25, -0.2) is 0 Å². The normalized spacial score (nSPS) is 27.1. The lowest BCUT2D eigenvalue weighted by Gasteiger charge is -2.22. The maximum absolute atomic E-state index is 6.17. The first-order valence-corrected chi connectivity index (χ1v) is 6.89. The zero-order valence-electron chi connectivity index (χ0n) is 10.2. The predicted octanol–water partition coefficient (Wildman–Crippen LogP) is 3.81. The van der Waals surface area contributed by atoms with Gasteiger partial charge < -0.3 is 5.32 Å². The van der Waals surface area contributed by atoms with Gasteiger partial charge in [0.05, 0.1) is 0 Å². The second kappa shape index (κ2) is 4.47. The Hall–Kier alpha value is -0.790. The topological polar surface area (TPSA) is 12.0 Å². The summed E-state index contributed by atoms with van der Waals surface area (Å²) in [5.41, 5.74) is 4.13. The third kappa shape index (κ3) is 2.14. The third-order valence-corrected chi connectivity index (χ3v) is 4.31. The summed E-state index contributed by atoms with van der Waals surface area (Å²) < 4.78 is 0. The summed E-state index contributed by atoms with van der Waals surface area (Å²) in [5, 5.41) is 4.52. The van der Waals surface area contributed by atoms with Crippen LogP contribution in [-0.2, 0) is 6.42 Å². The van der Waals surface area contributed by atoms with Crippen molar-refractivity contribution >= 4 is 17.2 Å². The van der Waals surface area contributed by atoms with Crippen LogP contribution in [0.1, 0.15) is 37.3 Å². The van der Waals surface area contributed by atoms with Crippen LogP contribution in [0.15, 0.2) is 24.3 Å². The van der Waals surface area contributed by atoms with Crippen molar-refractivity contribution < 1.29 is 0 Å². The molecule has 1 fully saturated rings. The van der Waals surface area contributed by atoms with E-state index in [1.165, 1.54) is 36.0 Å². The van der Waals surface area contributed by atoms with Gasteiger partial charge in [-0.05, 0) is 48.4 Å². The molecule has 0 saturated carbocycles. The summed E-state index contributed by atoms with van der Waals surface area (Å²) in [6, 6.07) is 7.77. The number of nitrogens with one attached hydrogen (secondary N) is 1. The molecule has 0 spiro atoms. The molecule has 0 amide bonds. The summed E-state index contributed by atoms with van der Waals surface area (Å²) in [7, 11) is 0. The van der Waals surface area contributed by atoms with Crippen LogP contribution in [0.5, 0.6) is 0 Å². The number of halogens is 1. The highest BCUT2D eigenvalue weighted by Gasteiger charge is 2.28. The van der Waals surface area contributed by atoms with Gasteiger partial charge in [0.25, 0.3) is 0 Å². The fraction of sp³-hybridized carbons (Fsp3) is 0.467. The van der Waals surface area contributed by atoms with Gasteiger partial charge in [0, 0.05) is 17.1 Å². The van der Waals surface area contributed by atoms with Gasteiger partial charge in [-0.2, -0.15) is 0 Å². The molecule has 1 aromatic carbocycles. The lowest BCUT2D eigenvalue weighted by atomic mass is 9.94. The number of fused-ring (bicyclic) bond motifs is 2. The maximum atomic E-state index is 6.17. The van der Waals surface area contributed by atoms with Crippen LogP contribution >= 0.6 is 11.6 Å². The number of hydrogen-bond acceptors (Lipinski definition) is 1. The first-order valence-electron chi connectivity index (χ1n) is 6.52. The molecule has 1 nitrogen and oxygen atoms in total. The van der Waals surface area contributed by atoms with E-state index in [2.05, 4.69) is 30.4 Å². The van der Waals surface area contributed by atoms with E-state index in [0.717, 1.165) is 11.4 Å². The minimum absolute atomic E-state index is 0.601. The van der Waals surface area contributed by atoms with Gasteiger partial charge >= 0.3 is 0 Å². The molecule has 2 aliphatic rings. The average Bonchev–Trinajstić information content (AvgIpc) is 2.69. The largest absolute Gasteiger partial charge is 0.307 e. The van der Waals surface area contributed by atoms with Crippen LogP contribution in [0.2, 0.25) is 5.02 Å². The number of hydrogen-bond donors (Lipinski definition) is 1. The molecular formula is C15H18ClN. The van der Waals surface area contributed by atoms with Crippen molar-refractivity contribution in [2.24, 2.45) is 0 Å². The Labute approximate surface area is 108 Å².